The van der Waals surface area contributed by atoms with Gasteiger partial charge in [0.15, 0.2) is 23.2 Å². The lowest BCUT2D eigenvalue weighted by molar-refractivity contribution is -0.274. The highest BCUT2D eigenvalue weighted by Gasteiger charge is 2.45. The van der Waals surface area contributed by atoms with E-state index in [1.165, 1.54) is 41.5 Å². The summed E-state index contributed by atoms with van der Waals surface area (Å²) >= 11 is 0. The molecule has 3 aromatic rings. The number of nitrogens with two attached hydrogens (primary N) is 1. The minimum absolute atomic E-state index is 0.180. The van der Waals surface area contributed by atoms with Gasteiger partial charge < -0.3 is 25.0 Å². The molecule has 35 heavy (non-hydrogen) atoms. The fourth-order valence-corrected chi connectivity index (χ4v) is 3.74. The van der Waals surface area contributed by atoms with Gasteiger partial charge in [0.05, 0.1) is 12.9 Å². The maximum atomic E-state index is 12.3. The Morgan fingerprint density at radius 2 is 1.86 bits per heavy atom. The van der Waals surface area contributed by atoms with Crippen LogP contribution in [0.5, 0.6) is 5.75 Å². The number of ether oxygens (including phenoxy) is 2. The van der Waals surface area contributed by atoms with Crippen LogP contribution in [0.15, 0.2) is 36.9 Å². The first-order valence-corrected chi connectivity index (χ1v) is 11.3. The van der Waals surface area contributed by atoms with Crippen LogP contribution in [0.25, 0.3) is 11.2 Å². The van der Waals surface area contributed by atoms with E-state index in [0.717, 1.165) is 0 Å². The van der Waals surface area contributed by atoms with Gasteiger partial charge in [0, 0.05) is 6.54 Å². The molecule has 0 saturated carbocycles. The van der Waals surface area contributed by atoms with E-state index in [0.29, 0.717) is 5.56 Å². The quantitative estimate of drug-likeness (QED) is 0.318. The largest absolute Gasteiger partial charge is 0.573 e. The standard InChI is InChI=1S/C18H19F3N6O7S/c19-18(20,21)34-10-3-1-9(2-4-10)5-23-15-12-16(25-7-24-15)27(8-26-12)17-14(29)13(28)11(33-17)6-32-35(22,30)31/h1-4,7-8,11,13-14,17,28-29H,5-6H2,(H2,22,30,31)(H,23,24,25)/t11-,13-,14-,17-/m1/s1. The molecule has 1 saturated heterocycles. The fraction of sp³-hybridized carbons (Fsp3) is 0.389. The van der Waals surface area contributed by atoms with E-state index in [1.807, 2.05) is 0 Å². The number of fused-ring (bicyclic) bond motifs is 1. The predicted octanol–water partition coefficient (Wildman–Crippen LogP) is 0.176. The van der Waals surface area contributed by atoms with Crippen LogP contribution in [0, 0.1) is 0 Å². The molecular formula is C18H19F3N6O7S. The van der Waals surface area contributed by atoms with E-state index in [9.17, 15) is 31.8 Å². The normalized spacial score (nSPS) is 23.0. The summed E-state index contributed by atoms with van der Waals surface area (Å²) in [5.41, 5.74) is 1.13. The number of aromatic nitrogens is 4. The van der Waals surface area contributed by atoms with E-state index < -0.39 is 47.8 Å². The Morgan fingerprint density at radius 3 is 2.51 bits per heavy atom. The Balaban J connectivity index is 1.47. The Labute approximate surface area is 195 Å². The van der Waals surface area contributed by atoms with Crippen molar-refractivity contribution >= 4 is 27.3 Å². The number of halogens is 3. The van der Waals surface area contributed by atoms with Crippen molar-refractivity contribution in [3.8, 4) is 5.75 Å². The molecule has 13 nitrogen and oxygen atoms in total. The lowest BCUT2D eigenvalue weighted by Crippen LogP contribution is -2.35. The number of benzene rings is 1. The smallest absolute Gasteiger partial charge is 0.406 e. The molecule has 190 valence electrons. The predicted molar refractivity (Wildman–Crippen MR) is 111 cm³/mol. The molecule has 0 unspecified atom stereocenters. The van der Waals surface area contributed by atoms with Crippen molar-refractivity contribution in [3.63, 3.8) is 0 Å². The number of nitrogens with one attached hydrogen (secondary N) is 1. The number of imidazole rings is 1. The van der Waals surface area contributed by atoms with Crippen LogP contribution < -0.4 is 15.2 Å². The summed E-state index contributed by atoms with van der Waals surface area (Å²) < 4.78 is 74.0. The lowest BCUT2D eigenvalue weighted by Gasteiger charge is -2.16. The highest BCUT2D eigenvalue weighted by Crippen LogP contribution is 2.32. The van der Waals surface area contributed by atoms with E-state index >= 15 is 0 Å². The summed E-state index contributed by atoms with van der Waals surface area (Å²) in [6, 6.07) is 5.24. The zero-order valence-corrected chi connectivity index (χ0v) is 18.3. The number of hydrogen-bond donors (Lipinski definition) is 4. The highest BCUT2D eigenvalue weighted by atomic mass is 32.2. The average molecular weight is 520 g/mol. The van der Waals surface area contributed by atoms with Gasteiger partial charge in [-0.3, -0.25) is 8.75 Å². The van der Waals surface area contributed by atoms with Gasteiger partial charge in [0.1, 0.15) is 30.4 Å². The minimum atomic E-state index is -4.78. The molecule has 0 radical (unpaired) electrons. The van der Waals surface area contributed by atoms with Crippen molar-refractivity contribution in [1.82, 2.24) is 19.5 Å². The topological polar surface area (TPSA) is 184 Å². The van der Waals surface area contributed by atoms with E-state index in [1.54, 1.807) is 0 Å². The van der Waals surface area contributed by atoms with Crippen molar-refractivity contribution in [1.29, 1.82) is 0 Å². The third-order valence-electron chi connectivity index (χ3n) is 4.98. The summed E-state index contributed by atoms with van der Waals surface area (Å²) in [4.78, 5) is 12.4. The Bertz CT molecular complexity index is 1290. The molecule has 1 aromatic carbocycles. The zero-order chi connectivity index (χ0) is 25.4. The first-order chi connectivity index (χ1) is 16.4. The molecule has 0 aliphatic carbocycles. The van der Waals surface area contributed by atoms with Crippen LogP contribution >= 0.6 is 0 Å². The Morgan fingerprint density at radius 1 is 1.14 bits per heavy atom. The number of aliphatic hydroxyl groups excluding tert-OH is 2. The molecule has 3 heterocycles. The zero-order valence-electron chi connectivity index (χ0n) is 17.5. The van der Waals surface area contributed by atoms with Crippen molar-refractivity contribution in [2.24, 2.45) is 5.14 Å². The van der Waals surface area contributed by atoms with Gasteiger partial charge in [-0.1, -0.05) is 12.1 Å². The molecule has 4 atom stereocenters. The molecule has 0 amide bonds. The van der Waals surface area contributed by atoms with Gasteiger partial charge >= 0.3 is 16.7 Å². The number of anilines is 1. The summed E-state index contributed by atoms with van der Waals surface area (Å²) in [5.74, 6) is -0.0685. The number of rotatable bonds is 8. The average Bonchev–Trinajstić information content (AvgIpc) is 3.32. The lowest BCUT2D eigenvalue weighted by atomic mass is 10.1. The highest BCUT2D eigenvalue weighted by molar-refractivity contribution is 7.84. The molecule has 1 aliphatic heterocycles. The Hall–Kier alpha value is -3.09. The van der Waals surface area contributed by atoms with E-state index in [4.69, 9.17) is 9.88 Å². The van der Waals surface area contributed by atoms with Crippen LogP contribution in [0.4, 0.5) is 19.0 Å². The molecule has 17 heteroatoms. The van der Waals surface area contributed by atoms with Crippen molar-refractivity contribution < 1.29 is 45.5 Å². The summed E-state index contributed by atoms with van der Waals surface area (Å²) in [7, 11) is -4.28. The van der Waals surface area contributed by atoms with Gasteiger partial charge in [-0.25, -0.2) is 20.1 Å². The van der Waals surface area contributed by atoms with Gasteiger partial charge in [0.2, 0.25) is 0 Å². The molecular weight excluding hydrogens is 501 g/mol. The summed E-state index contributed by atoms with van der Waals surface area (Å²) in [5, 5.41) is 28.4. The molecule has 5 N–H and O–H groups in total. The van der Waals surface area contributed by atoms with Gasteiger partial charge in [0.25, 0.3) is 0 Å². The third-order valence-corrected chi connectivity index (χ3v) is 5.45. The van der Waals surface area contributed by atoms with Gasteiger partial charge in [-0.05, 0) is 17.7 Å². The third kappa shape index (κ3) is 5.95. The van der Waals surface area contributed by atoms with Gasteiger partial charge in [-0.2, -0.15) is 8.42 Å². The summed E-state index contributed by atoms with van der Waals surface area (Å²) in [6.45, 7) is -0.436. The van der Waals surface area contributed by atoms with Gasteiger partial charge in [-0.15, -0.1) is 13.2 Å². The van der Waals surface area contributed by atoms with Crippen molar-refractivity contribution in [2.45, 2.75) is 37.4 Å². The van der Waals surface area contributed by atoms with Crippen LogP contribution in [-0.4, -0.2) is 69.4 Å². The van der Waals surface area contributed by atoms with Crippen LogP contribution in [0.3, 0.4) is 0 Å². The second-order valence-corrected chi connectivity index (χ2v) is 8.64. The summed E-state index contributed by atoms with van der Waals surface area (Å²) in [6.07, 6.45) is -7.61. The van der Waals surface area contributed by atoms with E-state index in [-0.39, 0.29) is 29.3 Å². The van der Waals surface area contributed by atoms with Crippen LogP contribution in [-0.2, 0) is 25.8 Å². The number of nitrogens with zero attached hydrogens (tertiary/aromatic N) is 4. The Kier molecular flexibility index (Phi) is 6.80. The maximum absolute atomic E-state index is 12.3. The first-order valence-electron chi connectivity index (χ1n) is 9.86. The SMILES string of the molecule is NS(=O)(=O)OC[C@H]1O[C@@H](n2cnc3c(NCc4ccc(OC(F)(F)F)cc4)ncnc32)[C@H](O)[C@@H]1O. The van der Waals surface area contributed by atoms with Crippen molar-refractivity contribution in [2.75, 3.05) is 11.9 Å². The molecule has 0 bridgehead atoms. The molecule has 2 aromatic heterocycles. The first kappa shape index (κ1) is 25.0. The molecule has 1 fully saturated rings. The molecule has 0 spiro atoms. The number of hydrogen-bond acceptors (Lipinski definition) is 11. The number of aliphatic hydroxyl groups is 2. The van der Waals surface area contributed by atoms with Crippen LogP contribution in [0.2, 0.25) is 0 Å². The molecule has 4 rings (SSSR count). The number of alkyl halides is 3. The molecule has 1 aliphatic rings. The van der Waals surface area contributed by atoms with Crippen LogP contribution in [0.1, 0.15) is 11.8 Å². The minimum Gasteiger partial charge on any atom is -0.406 e. The maximum Gasteiger partial charge on any atom is 0.573 e. The monoisotopic (exact) mass is 520 g/mol. The van der Waals surface area contributed by atoms with Crippen molar-refractivity contribution in [3.05, 3.63) is 42.5 Å². The fourth-order valence-electron chi connectivity index (χ4n) is 3.42. The second-order valence-electron chi connectivity index (χ2n) is 7.42. The second kappa shape index (κ2) is 9.51. The van der Waals surface area contributed by atoms with E-state index in [2.05, 4.69) is 29.2 Å².